The third-order valence-corrected chi connectivity index (χ3v) is 4.73. The Kier molecular flexibility index (Phi) is 4.02. The fourth-order valence-corrected chi connectivity index (χ4v) is 3.46. The number of halogens is 1. The predicted molar refractivity (Wildman–Crippen MR) is 87.3 cm³/mol. The second kappa shape index (κ2) is 5.98. The second-order valence-electron chi connectivity index (χ2n) is 4.68. The van der Waals surface area contributed by atoms with Crippen molar-refractivity contribution < 1.29 is 19.1 Å². The number of rotatable bonds is 3. The Morgan fingerprint density at radius 3 is 2.52 bits per heavy atom. The molecular weight excluding hydrogens is 338 g/mol. The molecule has 1 N–H and O–H groups in total. The fraction of sp³-hybridized carbons (Fsp3) is 0.0625. The number of thiophene rings is 1. The molecular formula is C16H10ClNO4S. The number of para-hydroxylation sites is 1. The smallest absolute Gasteiger partial charge is 0.348 e. The van der Waals surface area contributed by atoms with Gasteiger partial charge in [0.25, 0.3) is 0 Å². The Hall–Kier alpha value is -2.44. The molecule has 1 aromatic heterocycles. The fourth-order valence-electron chi connectivity index (χ4n) is 2.15. The number of hydrogen-bond acceptors (Lipinski definition) is 6. The number of ether oxygens (including phenoxy) is 1. The number of esters is 1. The minimum Gasteiger partial charge on any atom is -0.465 e. The van der Waals surface area contributed by atoms with Crippen LogP contribution in [0.25, 0.3) is 0 Å². The summed E-state index contributed by atoms with van der Waals surface area (Å²) in [5.74, 6) is -1.52. The van der Waals surface area contributed by atoms with Gasteiger partial charge in [0.05, 0.1) is 12.0 Å². The van der Waals surface area contributed by atoms with E-state index in [1.165, 1.54) is 13.2 Å². The average Bonchev–Trinajstić information content (AvgIpc) is 3.02. The van der Waals surface area contributed by atoms with Crippen molar-refractivity contribution in [3.8, 4) is 0 Å². The largest absolute Gasteiger partial charge is 0.465 e. The molecule has 0 bridgehead atoms. The molecule has 0 amide bonds. The van der Waals surface area contributed by atoms with Crippen LogP contribution in [0.2, 0.25) is 0 Å². The minimum atomic E-state index is -0.598. The molecule has 1 aromatic carbocycles. The minimum absolute atomic E-state index is 0.00424. The van der Waals surface area contributed by atoms with Crippen LogP contribution in [-0.2, 0) is 4.74 Å². The Morgan fingerprint density at radius 2 is 1.87 bits per heavy atom. The van der Waals surface area contributed by atoms with Gasteiger partial charge in [0.1, 0.15) is 15.6 Å². The van der Waals surface area contributed by atoms with Gasteiger partial charge in [-0.25, -0.2) is 4.79 Å². The van der Waals surface area contributed by atoms with E-state index in [4.69, 9.17) is 11.6 Å². The molecule has 0 aliphatic heterocycles. The van der Waals surface area contributed by atoms with Crippen LogP contribution < -0.4 is 5.32 Å². The number of carbonyl (C=O) groups excluding carboxylic acids is 3. The topological polar surface area (TPSA) is 72.5 Å². The SMILES string of the molecule is COC(=O)c1cc2c(s1)C(=O)C(Cl)=C(Nc1ccccc1)C2=O. The van der Waals surface area contributed by atoms with Crippen LogP contribution in [0.5, 0.6) is 0 Å². The molecule has 1 aliphatic rings. The van der Waals surface area contributed by atoms with E-state index in [1.807, 2.05) is 6.07 Å². The molecule has 0 radical (unpaired) electrons. The molecule has 2 aromatic rings. The second-order valence-corrected chi connectivity index (χ2v) is 6.11. The number of fused-ring (bicyclic) bond motifs is 1. The zero-order valence-corrected chi connectivity index (χ0v) is 13.5. The first-order valence-corrected chi connectivity index (χ1v) is 7.75. The highest BCUT2D eigenvalue weighted by atomic mass is 35.5. The van der Waals surface area contributed by atoms with Crippen LogP contribution in [0.4, 0.5) is 5.69 Å². The summed E-state index contributed by atoms with van der Waals surface area (Å²) < 4.78 is 4.62. The molecule has 0 saturated heterocycles. The predicted octanol–water partition coefficient (Wildman–Crippen LogP) is 3.48. The van der Waals surface area contributed by atoms with Crippen molar-refractivity contribution in [2.24, 2.45) is 0 Å². The Balaban J connectivity index is 2.02. The number of benzene rings is 1. The van der Waals surface area contributed by atoms with E-state index in [-0.39, 0.29) is 26.0 Å². The highest BCUT2D eigenvalue weighted by Crippen LogP contribution is 2.34. The summed E-state index contributed by atoms with van der Waals surface area (Å²) in [6.45, 7) is 0. The molecule has 3 rings (SSSR count). The van der Waals surface area contributed by atoms with Gasteiger partial charge >= 0.3 is 5.97 Å². The first kappa shape index (κ1) is 15.5. The normalized spacial score (nSPS) is 13.8. The van der Waals surface area contributed by atoms with Crippen molar-refractivity contribution in [1.82, 2.24) is 0 Å². The van der Waals surface area contributed by atoms with E-state index < -0.39 is 17.5 Å². The van der Waals surface area contributed by atoms with E-state index in [9.17, 15) is 14.4 Å². The lowest BCUT2D eigenvalue weighted by Crippen LogP contribution is -2.22. The molecule has 1 aliphatic carbocycles. The molecule has 0 saturated carbocycles. The maximum Gasteiger partial charge on any atom is 0.348 e. The van der Waals surface area contributed by atoms with Gasteiger partial charge in [0, 0.05) is 11.3 Å². The summed E-state index contributed by atoms with van der Waals surface area (Å²) in [7, 11) is 1.23. The van der Waals surface area contributed by atoms with Gasteiger partial charge in [0.2, 0.25) is 11.6 Å². The van der Waals surface area contributed by atoms with Gasteiger partial charge in [0.15, 0.2) is 0 Å². The number of anilines is 1. The van der Waals surface area contributed by atoms with Crippen LogP contribution in [0.1, 0.15) is 29.7 Å². The number of carbonyl (C=O) groups is 3. The van der Waals surface area contributed by atoms with E-state index >= 15 is 0 Å². The van der Waals surface area contributed by atoms with Gasteiger partial charge in [-0.2, -0.15) is 0 Å². The van der Waals surface area contributed by atoms with Gasteiger partial charge in [-0.15, -0.1) is 11.3 Å². The van der Waals surface area contributed by atoms with Crippen LogP contribution in [0.15, 0.2) is 47.1 Å². The third kappa shape index (κ3) is 2.67. The quantitative estimate of drug-likeness (QED) is 0.861. The van der Waals surface area contributed by atoms with Crippen LogP contribution in [-0.4, -0.2) is 24.6 Å². The number of Topliss-reactive ketones (excluding diaryl/α,β-unsaturated/α-hetero) is 2. The number of allylic oxidation sites excluding steroid dienone is 2. The first-order valence-electron chi connectivity index (χ1n) is 6.56. The summed E-state index contributed by atoms with van der Waals surface area (Å²) in [5, 5.41) is 2.68. The van der Waals surface area contributed by atoms with E-state index in [1.54, 1.807) is 24.3 Å². The number of methoxy groups -OCH3 is 1. The molecule has 23 heavy (non-hydrogen) atoms. The molecule has 0 atom stereocenters. The van der Waals surface area contributed by atoms with E-state index in [0.717, 1.165) is 11.3 Å². The summed E-state index contributed by atoms with van der Waals surface area (Å²) in [6.07, 6.45) is 0. The summed E-state index contributed by atoms with van der Waals surface area (Å²) in [6, 6.07) is 10.3. The lowest BCUT2D eigenvalue weighted by Gasteiger charge is -2.16. The van der Waals surface area contributed by atoms with Gasteiger partial charge in [-0.3, -0.25) is 9.59 Å². The van der Waals surface area contributed by atoms with Crippen molar-refractivity contribution in [3.63, 3.8) is 0 Å². The van der Waals surface area contributed by atoms with Crippen LogP contribution in [0, 0.1) is 0 Å². The summed E-state index contributed by atoms with van der Waals surface area (Å²) in [4.78, 5) is 36.9. The molecule has 116 valence electrons. The average molecular weight is 348 g/mol. The molecule has 0 spiro atoms. The van der Waals surface area contributed by atoms with E-state index in [2.05, 4.69) is 10.1 Å². The maximum atomic E-state index is 12.6. The van der Waals surface area contributed by atoms with Crippen LogP contribution >= 0.6 is 22.9 Å². The van der Waals surface area contributed by atoms with Crippen LogP contribution in [0.3, 0.4) is 0 Å². The van der Waals surface area contributed by atoms with Crippen molar-refractivity contribution in [3.05, 3.63) is 62.4 Å². The molecule has 0 fully saturated rings. The standard InChI is InChI=1S/C16H10ClNO4S/c1-22-16(21)10-7-9-13(19)12(11(17)14(20)15(9)23-10)18-8-5-3-2-4-6-8/h2-7,18H,1H3. The maximum absolute atomic E-state index is 12.6. The highest BCUT2D eigenvalue weighted by Gasteiger charge is 2.35. The van der Waals surface area contributed by atoms with Gasteiger partial charge in [-0.1, -0.05) is 29.8 Å². The van der Waals surface area contributed by atoms with Crippen molar-refractivity contribution in [2.45, 2.75) is 0 Å². The van der Waals surface area contributed by atoms with Gasteiger partial charge < -0.3 is 10.1 Å². The molecule has 1 heterocycles. The lowest BCUT2D eigenvalue weighted by molar-refractivity contribution is 0.0606. The van der Waals surface area contributed by atoms with Gasteiger partial charge in [-0.05, 0) is 18.2 Å². The van der Waals surface area contributed by atoms with Crippen molar-refractivity contribution in [1.29, 1.82) is 0 Å². The molecule has 7 heteroatoms. The van der Waals surface area contributed by atoms with E-state index in [0.29, 0.717) is 5.69 Å². The lowest BCUT2D eigenvalue weighted by atomic mass is 9.99. The zero-order valence-electron chi connectivity index (χ0n) is 11.9. The van der Waals surface area contributed by atoms with Crippen molar-refractivity contribution >= 4 is 46.2 Å². The Labute approximate surface area is 140 Å². The Morgan fingerprint density at radius 1 is 1.17 bits per heavy atom. The highest BCUT2D eigenvalue weighted by molar-refractivity contribution is 7.16. The summed E-state index contributed by atoms with van der Waals surface area (Å²) in [5.41, 5.74) is 0.793. The third-order valence-electron chi connectivity index (χ3n) is 3.26. The summed E-state index contributed by atoms with van der Waals surface area (Å²) >= 11 is 6.97. The number of nitrogens with one attached hydrogen (secondary N) is 1. The number of hydrogen-bond donors (Lipinski definition) is 1. The van der Waals surface area contributed by atoms with Crippen molar-refractivity contribution in [2.75, 3.05) is 12.4 Å². The Bertz CT molecular complexity index is 854. The molecule has 5 nitrogen and oxygen atoms in total. The zero-order chi connectivity index (χ0) is 16.6. The number of ketones is 2. The monoisotopic (exact) mass is 347 g/mol. The molecule has 0 unspecified atom stereocenters. The first-order chi connectivity index (χ1) is 11.0.